The number of hydrogen-bond acceptors (Lipinski definition) is 3. The quantitative estimate of drug-likeness (QED) is 0.801. The summed E-state index contributed by atoms with van der Waals surface area (Å²) in [5.41, 5.74) is 1.05. The smallest absolute Gasteiger partial charge is 0.261 e. The summed E-state index contributed by atoms with van der Waals surface area (Å²) >= 11 is 0. The fraction of sp³-hybridized carbons (Fsp3) is 0.429. The summed E-state index contributed by atoms with van der Waals surface area (Å²) in [7, 11) is 0. The third kappa shape index (κ3) is 2.29. The van der Waals surface area contributed by atoms with E-state index in [1.54, 1.807) is 24.3 Å². The maximum absolute atomic E-state index is 12.1. The van der Waals surface area contributed by atoms with Crippen molar-refractivity contribution in [3.8, 4) is 0 Å². The summed E-state index contributed by atoms with van der Waals surface area (Å²) < 4.78 is 0. The molecular formula is C14H18N2O2. The van der Waals surface area contributed by atoms with E-state index in [0.29, 0.717) is 17.7 Å². The first-order valence-corrected chi connectivity index (χ1v) is 6.31. The zero-order chi connectivity index (χ0) is 13.1. The average Bonchev–Trinajstić information content (AvgIpc) is 2.62. The van der Waals surface area contributed by atoms with Crippen LogP contribution in [0.2, 0.25) is 0 Å². The molecule has 0 fully saturated rings. The molecule has 1 aromatic rings. The fourth-order valence-electron chi connectivity index (χ4n) is 2.17. The van der Waals surface area contributed by atoms with Crippen LogP contribution >= 0.6 is 0 Å². The molecule has 0 aromatic heterocycles. The molecule has 1 aromatic carbocycles. The molecule has 18 heavy (non-hydrogen) atoms. The van der Waals surface area contributed by atoms with Crippen LogP contribution in [0.3, 0.4) is 0 Å². The van der Waals surface area contributed by atoms with Crippen molar-refractivity contribution in [1.29, 1.82) is 0 Å². The van der Waals surface area contributed by atoms with Crippen LogP contribution in [0.25, 0.3) is 0 Å². The van der Waals surface area contributed by atoms with E-state index in [9.17, 15) is 9.59 Å². The van der Waals surface area contributed by atoms with E-state index in [4.69, 9.17) is 0 Å². The molecule has 0 saturated heterocycles. The fourth-order valence-corrected chi connectivity index (χ4v) is 2.17. The molecule has 1 aliphatic heterocycles. The Morgan fingerprint density at radius 3 is 2.22 bits per heavy atom. The lowest BCUT2D eigenvalue weighted by Gasteiger charge is -2.19. The van der Waals surface area contributed by atoms with E-state index in [-0.39, 0.29) is 17.7 Å². The van der Waals surface area contributed by atoms with Crippen LogP contribution in [-0.4, -0.2) is 36.3 Å². The Hall–Kier alpha value is -1.68. The summed E-state index contributed by atoms with van der Waals surface area (Å²) in [5.74, 6) is -0.0786. The molecule has 4 nitrogen and oxygen atoms in total. The van der Waals surface area contributed by atoms with Gasteiger partial charge in [-0.2, -0.15) is 0 Å². The molecule has 0 radical (unpaired) electrons. The van der Waals surface area contributed by atoms with Crippen LogP contribution in [0.5, 0.6) is 0 Å². The van der Waals surface area contributed by atoms with Crippen molar-refractivity contribution in [1.82, 2.24) is 10.2 Å². The number of benzene rings is 1. The van der Waals surface area contributed by atoms with Gasteiger partial charge in [-0.3, -0.25) is 14.5 Å². The number of carbonyl (C=O) groups excluding carboxylic acids is 2. The van der Waals surface area contributed by atoms with Crippen molar-refractivity contribution < 1.29 is 9.59 Å². The normalized spacial score (nSPS) is 16.0. The number of nitrogens with one attached hydrogen (secondary N) is 1. The second kappa shape index (κ2) is 5.31. The van der Waals surface area contributed by atoms with Gasteiger partial charge in [-0.1, -0.05) is 26.0 Å². The van der Waals surface area contributed by atoms with E-state index in [1.807, 2.05) is 13.8 Å². The average molecular weight is 246 g/mol. The lowest BCUT2D eigenvalue weighted by molar-refractivity contribution is 0.0632. The summed E-state index contributed by atoms with van der Waals surface area (Å²) in [6.07, 6.45) is 0. The lowest BCUT2D eigenvalue weighted by Crippen LogP contribution is -2.37. The molecule has 1 heterocycles. The number of amides is 2. The largest absolute Gasteiger partial charge is 0.317 e. The molecule has 0 bridgehead atoms. The highest BCUT2D eigenvalue weighted by Crippen LogP contribution is 2.23. The minimum atomic E-state index is -0.168. The highest BCUT2D eigenvalue weighted by Gasteiger charge is 2.35. The maximum Gasteiger partial charge on any atom is 0.261 e. The van der Waals surface area contributed by atoms with E-state index in [2.05, 4.69) is 5.32 Å². The van der Waals surface area contributed by atoms with E-state index < -0.39 is 0 Å². The van der Waals surface area contributed by atoms with Crippen molar-refractivity contribution in [2.75, 3.05) is 19.6 Å². The molecule has 0 aliphatic carbocycles. The van der Waals surface area contributed by atoms with E-state index in [1.165, 1.54) is 4.90 Å². The van der Waals surface area contributed by atoms with Crippen LogP contribution in [-0.2, 0) is 0 Å². The predicted octanol–water partition coefficient (Wildman–Crippen LogP) is 1.53. The number of hydrogen-bond donors (Lipinski definition) is 1. The van der Waals surface area contributed by atoms with Crippen LogP contribution < -0.4 is 5.32 Å². The number of fused-ring (bicyclic) bond motifs is 1. The van der Waals surface area contributed by atoms with E-state index >= 15 is 0 Å². The molecular weight excluding hydrogens is 228 g/mol. The number of carbonyl (C=O) groups is 2. The van der Waals surface area contributed by atoms with Crippen molar-refractivity contribution >= 4 is 11.8 Å². The predicted molar refractivity (Wildman–Crippen MR) is 69.5 cm³/mol. The Kier molecular flexibility index (Phi) is 3.77. The van der Waals surface area contributed by atoms with Gasteiger partial charge < -0.3 is 5.32 Å². The van der Waals surface area contributed by atoms with Crippen LogP contribution in [0.15, 0.2) is 24.3 Å². The van der Waals surface area contributed by atoms with Crippen molar-refractivity contribution in [3.05, 3.63) is 35.4 Å². The molecule has 96 valence electrons. The highest BCUT2D eigenvalue weighted by atomic mass is 16.2. The van der Waals surface area contributed by atoms with Gasteiger partial charge >= 0.3 is 0 Å². The first kappa shape index (κ1) is 12.8. The highest BCUT2D eigenvalue weighted by molar-refractivity contribution is 6.21. The minimum absolute atomic E-state index is 0.168. The van der Waals surface area contributed by atoms with Gasteiger partial charge in [-0.05, 0) is 31.1 Å². The molecule has 2 amide bonds. The first-order chi connectivity index (χ1) is 8.65. The summed E-state index contributed by atoms with van der Waals surface area (Å²) in [6, 6.07) is 7.00. The van der Waals surface area contributed by atoms with Gasteiger partial charge in [0.05, 0.1) is 11.1 Å². The number of imide groups is 1. The first-order valence-electron chi connectivity index (χ1n) is 6.31. The molecule has 4 heteroatoms. The van der Waals surface area contributed by atoms with Gasteiger partial charge in [0, 0.05) is 6.54 Å². The Morgan fingerprint density at radius 1 is 1.17 bits per heavy atom. The third-order valence-corrected chi connectivity index (χ3v) is 3.12. The number of rotatable bonds is 5. The molecule has 0 saturated carbocycles. The monoisotopic (exact) mass is 246 g/mol. The van der Waals surface area contributed by atoms with Crippen LogP contribution in [0.1, 0.15) is 34.6 Å². The molecule has 1 N–H and O–H groups in total. The Labute approximate surface area is 107 Å². The molecule has 2 rings (SSSR count). The van der Waals surface area contributed by atoms with Crippen molar-refractivity contribution in [3.63, 3.8) is 0 Å². The van der Waals surface area contributed by atoms with Gasteiger partial charge in [0.2, 0.25) is 0 Å². The standard InChI is InChI=1S/C14H18N2O2/c1-3-15-8-10(2)9-16-13(17)11-6-4-5-7-12(11)14(16)18/h4-7,10,15H,3,8-9H2,1-2H3. The van der Waals surface area contributed by atoms with Gasteiger partial charge in [0.1, 0.15) is 0 Å². The Balaban J connectivity index is 2.09. The van der Waals surface area contributed by atoms with Gasteiger partial charge in [0.15, 0.2) is 0 Å². The SMILES string of the molecule is CCNCC(C)CN1C(=O)c2ccccc2C1=O. The molecule has 1 unspecified atom stereocenters. The molecule has 0 spiro atoms. The third-order valence-electron chi connectivity index (χ3n) is 3.12. The molecule has 1 atom stereocenters. The topological polar surface area (TPSA) is 49.4 Å². The summed E-state index contributed by atoms with van der Waals surface area (Å²) in [4.78, 5) is 25.6. The Morgan fingerprint density at radius 2 is 1.72 bits per heavy atom. The van der Waals surface area contributed by atoms with Gasteiger partial charge in [-0.25, -0.2) is 0 Å². The summed E-state index contributed by atoms with van der Waals surface area (Å²) in [5, 5.41) is 3.22. The second-order valence-electron chi connectivity index (χ2n) is 4.68. The van der Waals surface area contributed by atoms with E-state index in [0.717, 1.165) is 13.1 Å². The Bertz CT molecular complexity index is 436. The van der Waals surface area contributed by atoms with Gasteiger partial charge in [-0.15, -0.1) is 0 Å². The summed E-state index contributed by atoms with van der Waals surface area (Å²) in [6.45, 7) is 6.25. The lowest BCUT2D eigenvalue weighted by atomic mass is 10.1. The van der Waals surface area contributed by atoms with Crippen LogP contribution in [0.4, 0.5) is 0 Å². The number of nitrogens with zero attached hydrogens (tertiary/aromatic N) is 1. The zero-order valence-corrected chi connectivity index (χ0v) is 10.8. The van der Waals surface area contributed by atoms with Gasteiger partial charge in [0.25, 0.3) is 11.8 Å². The van der Waals surface area contributed by atoms with Crippen LogP contribution in [0, 0.1) is 5.92 Å². The van der Waals surface area contributed by atoms with Crippen molar-refractivity contribution in [2.24, 2.45) is 5.92 Å². The molecule has 1 aliphatic rings. The minimum Gasteiger partial charge on any atom is -0.317 e. The van der Waals surface area contributed by atoms with Crippen molar-refractivity contribution in [2.45, 2.75) is 13.8 Å². The zero-order valence-electron chi connectivity index (χ0n) is 10.8. The second-order valence-corrected chi connectivity index (χ2v) is 4.68. The maximum atomic E-state index is 12.1.